The van der Waals surface area contributed by atoms with Crippen molar-refractivity contribution < 1.29 is 17.4 Å². The fourth-order valence-corrected chi connectivity index (χ4v) is 2.80. The fourth-order valence-electron chi connectivity index (χ4n) is 1.98. The first-order valence-corrected chi connectivity index (χ1v) is 8.42. The summed E-state index contributed by atoms with van der Waals surface area (Å²) in [4.78, 5) is 13.3. The molecule has 0 saturated carbocycles. The summed E-state index contributed by atoms with van der Waals surface area (Å²) in [6, 6.07) is 4.92. The highest BCUT2D eigenvalue weighted by Crippen LogP contribution is 2.26. The minimum Gasteiger partial charge on any atom is -0.383 e. The minimum absolute atomic E-state index is 0.126. The molecule has 1 saturated heterocycles. The Kier molecular flexibility index (Phi) is 4.15. The smallest absolute Gasteiger partial charge is 0.306 e. The van der Waals surface area contributed by atoms with E-state index in [1.807, 2.05) is 0 Å². The third kappa shape index (κ3) is 3.94. The van der Waals surface area contributed by atoms with Crippen LogP contribution in [0.1, 0.15) is 18.4 Å². The zero-order valence-corrected chi connectivity index (χ0v) is 12.8. The van der Waals surface area contributed by atoms with E-state index >= 15 is 0 Å². The molecule has 19 heavy (non-hydrogen) atoms. The standard InChI is InChI=1S/C12H14BrNO4S/c1-19(16,17)18-10-4-5-11(13)9(7-10)8-14-6-2-3-12(14)15/h4-5,7H,2-3,6,8H2,1H3. The van der Waals surface area contributed by atoms with E-state index in [0.29, 0.717) is 13.0 Å². The van der Waals surface area contributed by atoms with Gasteiger partial charge in [0.2, 0.25) is 5.91 Å². The van der Waals surface area contributed by atoms with Gasteiger partial charge in [-0.1, -0.05) is 15.9 Å². The molecule has 7 heteroatoms. The van der Waals surface area contributed by atoms with Crippen molar-refractivity contribution in [1.82, 2.24) is 4.90 Å². The molecule has 1 aliphatic heterocycles. The average Bonchev–Trinajstić information content (AvgIpc) is 2.67. The molecule has 0 aliphatic carbocycles. The molecule has 1 aromatic carbocycles. The topological polar surface area (TPSA) is 63.7 Å². The molecular formula is C12H14BrNO4S. The van der Waals surface area contributed by atoms with Crippen LogP contribution in [0.3, 0.4) is 0 Å². The van der Waals surface area contributed by atoms with Gasteiger partial charge >= 0.3 is 10.1 Å². The Bertz CT molecular complexity index is 600. The number of hydrogen-bond acceptors (Lipinski definition) is 4. The first-order chi connectivity index (χ1) is 8.85. The first-order valence-electron chi connectivity index (χ1n) is 5.81. The lowest BCUT2D eigenvalue weighted by Crippen LogP contribution is -2.24. The van der Waals surface area contributed by atoms with Gasteiger partial charge in [-0.15, -0.1) is 0 Å². The minimum atomic E-state index is -3.54. The van der Waals surface area contributed by atoms with Gasteiger partial charge in [0.05, 0.1) is 6.26 Å². The maximum atomic E-state index is 11.6. The monoisotopic (exact) mass is 347 g/mol. The predicted octanol–water partition coefficient (Wildman–Crippen LogP) is 1.91. The summed E-state index contributed by atoms with van der Waals surface area (Å²) in [5.41, 5.74) is 0.830. The predicted molar refractivity (Wildman–Crippen MR) is 74.3 cm³/mol. The second-order valence-electron chi connectivity index (χ2n) is 4.46. The van der Waals surface area contributed by atoms with Crippen LogP contribution in [-0.4, -0.2) is 32.0 Å². The maximum absolute atomic E-state index is 11.6. The summed E-state index contributed by atoms with van der Waals surface area (Å²) in [6.07, 6.45) is 2.45. The van der Waals surface area contributed by atoms with Crippen LogP contribution in [0.5, 0.6) is 5.75 Å². The summed E-state index contributed by atoms with van der Waals surface area (Å²) < 4.78 is 27.9. The highest BCUT2D eigenvalue weighted by Gasteiger charge is 2.21. The second kappa shape index (κ2) is 5.50. The Morgan fingerprint density at radius 3 is 2.74 bits per heavy atom. The molecule has 1 aromatic rings. The van der Waals surface area contributed by atoms with Gasteiger partial charge in [-0.3, -0.25) is 4.79 Å². The van der Waals surface area contributed by atoms with E-state index in [9.17, 15) is 13.2 Å². The van der Waals surface area contributed by atoms with Gasteiger partial charge in [0.1, 0.15) is 5.75 Å². The average molecular weight is 348 g/mol. The Labute approximate surface area is 120 Å². The third-order valence-corrected chi connectivity index (χ3v) is 4.07. The van der Waals surface area contributed by atoms with Gasteiger partial charge < -0.3 is 9.08 Å². The molecule has 1 aliphatic rings. The molecule has 0 radical (unpaired) electrons. The molecule has 0 spiro atoms. The van der Waals surface area contributed by atoms with Gasteiger partial charge in [-0.05, 0) is 30.2 Å². The normalized spacial score (nSPS) is 15.9. The summed E-state index contributed by atoms with van der Waals surface area (Å²) in [5, 5.41) is 0. The van der Waals surface area contributed by atoms with E-state index in [4.69, 9.17) is 4.18 Å². The van der Waals surface area contributed by atoms with Crippen molar-refractivity contribution in [3.63, 3.8) is 0 Å². The van der Waals surface area contributed by atoms with Gasteiger partial charge in [-0.25, -0.2) is 0 Å². The molecule has 0 unspecified atom stereocenters. The summed E-state index contributed by atoms with van der Waals surface area (Å²) in [5.74, 6) is 0.383. The van der Waals surface area contributed by atoms with Crippen LogP contribution < -0.4 is 4.18 Å². The van der Waals surface area contributed by atoms with Gasteiger partial charge in [-0.2, -0.15) is 8.42 Å². The lowest BCUT2D eigenvalue weighted by atomic mass is 10.2. The lowest BCUT2D eigenvalue weighted by Gasteiger charge is -2.17. The van der Waals surface area contributed by atoms with E-state index < -0.39 is 10.1 Å². The quantitative estimate of drug-likeness (QED) is 0.780. The van der Waals surface area contributed by atoms with Crippen molar-refractivity contribution in [2.45, 2.75) is 19.4 Å². The van der Waals surface area contributed by atoms with Crippen LogP contribution in [0.2, 0.25) is 0 Å². The number of carbonyl (C=O) groups excluding carboxylic acids is 1. The molecule has 1 fully saturated rings. The molecule has 1 heterocycles. The van der Waals surface area contributed by atoms with Gasteiger partial charge in [0, 0.05) is 24.0 Å². The van der Waals surface area contributed by atoms with Crippen molar-refractivity contribution in [3.8, 4) is 5.75 Å². The van der Waals surface area contributed by atoms with Crippen LogP contribution in [0.25, 0.3) is 0 Å². The molecule has 0 bridgehead atoms. The van der Waals surface area contributed by atoms with Crippen molar-refractivity contribution in [2.75, 3.05) is 12.8 Å². The highest BCUT2D eigenvalue weighted by atomic mass is 79.9. The number of halogens is 1. The molecule has 0 aromatic heterocycles. The summed E-state index contributed by atoms with van der Waals surface area (Å²) >= 11 is 3.39. The number of likely N-dealkylation sites (tertiary alicyclic amines) is 1. The number of amides is 1. The zero-order valence-electron chi connectivity index (χ0n) is 10.4. The van der Waals surface area contributed by atoms with Crippen molar-refractivity contribution in [2.24, 2.45) is 0 Å². The Hall–Kier alpha value is -1.08. The molecule has 0 atom stereocenters. The number of nitrogens with zero attached hydrogens (tertiary/aromatic N) is 1. The van der Waals surface area contributed by atoms with Crippen LogP contribution in [-0.2, 0) is 21.5 Å². The maximum Gasteiger partial charge on any atom is 0.306 e. The number of hydrogen-bond donors (Lipinski definition) is 0. The van der Waals surface area contributed by atoms with E-state index in [1.165, 1.54) is 0 Å². The van der Waals surface area contributed by atoms with E-state index in [1.54, 1.807) is 23.1 Å². The Balaban J connectivity index is 2.19. The van der Waals surface area contributed by atoms with Crippen LogP contribution in [0, 0.1) is 0 Å². The molecule has 2 rings (SSSR count). The van der Waals surface area contributed by atoms with Crippen LogP contribution in [0.15, 0.2) is 22.7 Å². The third-order valence-electron chi connectivity index (χ3n) is 2.80. The van der Waals surface area contributed by atoms with E-state index in [-0.39, 0.29) is 11.7 Å². The van der Waals surface area contributed by atoms with Crippen LogP contribution >= 0.6 is 15.9 Å². The van der Waals surface area contributed by atoms with Crippen LogP contribution in [0.4, 0.5) is 0 Å². The van der Waals surface area contributed by atoms with Gasteiger partial charge in [0.25, 0.3) is 0 Å². The first kappa shape index (κ1) is 14.3. The fraction of sp³-hybridized carbons (Fsp3) is 0.417. The largest absolute Gasteiger partial charge is 0.383 e. The van der Waals surface area contributed by atoms with Crippen molar-refractivity contribution in [1.29, 1.82) is 0 Å². The molecule has 5 nitrogen and oxygen atoms in total. The summed E-state index contributed by atoms with van der Waals surface area (Å²) in [6.45, 7) is 1.20. The highest BCUT2D eigenvalue weighted by molar-refractivity contribution is 9.10. The van der Waals surface area contributed by atoms with Crippen molar-refractivity contribution >= 4 is 32.0 Å². The zero-order chi connectivity index (χ0) is 14.0. The number of carbonyl (C=O) groups is 1. The molecule has 104 valence electrons. The Morgan fingerprint density at radius 2 is 2.16 bits per heavy atom. The summed E-state index contributed by atoms with van der Waals surface area (Å²) in [7, 11) is -3.54. The Morgan fingerprint density at radius 1 is 1.42 bits per heavy atom. The second-order valence-corrected chi connectivity index (χ2v) is 6.89. The lowest BCUT2D eigenvalue weighted by molar-refractivity contribution is -0.128. The number of benzene rings is 1. The number of rotatable bonds is 4. The SMILES string of the molecule is CS(=O)(=O)Oc1ccc(Br)c(CN2CCCC2=O)c1. The van der Waals surface area contributed by atoms with Gasteiger partial charge in [0.15, 0.2) is 0 Å². The molecule has 0 N–H and O–H groups in total. The molecule has 1 amide bonds. The van der Waals surface area contributed by atoms with E-state index in [0.717, 1.165) is 29.3 Å². The van der Waals surface area contributed by atoms with Crippen molar-refractivity contribution in [3.05, 3.63) is 28.2 Å². The molecular weight excluding hydrogens is 334 g/mol. The van der Waals surface area contributed by atoms with E-state index in [2.05, 4.69) is 15.9 Å².